The quantitative estimate of drug-likeness (QED) is 0.506. The van der Waals surface area contributed by atoms with E-state index in [1.165, 1.54) is 7.11 Å². The Hall–Kier alpha value is -2.66. The third kappa shape index (κ3) is 5.48. The Labute approximate surface area is 182 Å². The molecule has 2 N–H and O–H groups in total. The van der Waals surface area contributed by atoms with Crippen LogP contribution in [0, 0.1) is 18.3 Å². The number of fused-ring (bicyclic) bond motifs is 1. The fraction of sp³-hybridized carbons (Fsp3) is 0.571. The van der Waals surface area contributed by atoms with Gasteiger partial charge in [-0.2, -0.15) is 5.26 Å². The highest BCUT2D eigenvalue weighted by atomic mass is 35.5. The molecule has 1 unspecified atom stereocenters. The van der Waals surface area contributed by atoms with E-state index in [-0.39, 0.29) is 19.0 Å². The zero-order valence-corrected chi connectivity index (χ0v) is 18.9. The lowest BCUT2D eigenvalue weighted by Gasteiger charge is -2.28. The van der Waals surface area contributed by atoms with E-state index in [0.29, 0.717) is 30.3 Å². The van der Waals surface area contributed by atoms with E-state index in [0.717, 1.165) is 16.7 Å². The van der Waals surface area contributed by atoms with E-state index in [1.54, 1.807) is 31.7 Å². The molecule has 1 aromatic carbocycles. The first-order chi connectivity index (χ1) is 14.1. The molecule has 1 aliphatic heterocycles. The highest BCUT2D eigenvalue weighted by Gasteiger charge is 2.38. The molecule has 0 aliphatic carbocycles. The molecule has 30 heavy (non-hydrogen) atoms. The number of methoxy groups -OCH3 is 1. The fourth-order valence-corrected chi connectivity index (χ4v) is 3.66. The standard InChI is InChI=1S/C21H29ClN4O4/c1-13-17-14(11-15(18(13)29-5)25-19(27)24-10-6-8-22)12-26(16(17)7-9-23)20(28)30-21(2,3)4/h11,16H,6-8,10,12H2,1-5H3,(H2,24,25,27). The molecular weight excluding hydrogens is 408 g/mol. The van der Waals surface area contributed by atoms with Gasteiger partial charge in [-0.3, -0.25) is 4.90 Å². The average Bonchev–Trinajstić information content (AvgIpc) is 3.00. The van der Waals surface area contributed by atoms with Crippen molar-refractivity contribution >= 4 is 29.4 Å². The van der Waals surface area contributed by atoms with E-state index in [2.05, 4.69) is 16.7 Å². The van der Waals surface area contributed by atoms with Crippen molar-refractivity contribution in [2.75, 3.05) is 24.9 Å². The highest BCUT2D eigenvalue weighted by molar-refractivity contribution is 6.17. The Morgan fingerprint density at radius 2 is 2.10 bits per heavy atom. The normalized spacial score (nSPS) is 15.2. The summed E-state index contributed by atoms with van der Waals surface area (Å²) in [5.41, 5.74) is 2.32. The zero-order chi connectivity index (χ0) is 22.5. The second-order valence-corrected chi connectivity index (χ2v) is 8.44. The number of carbonyl (C=O) groups excluding carboxylic acids is 2. The second kappa shape index (κ2) is 9.90. The van der Waals surface area contributed by atoms with Crippen LogP contribution in [0.2, 0.25) is 0 Å². The number of nitrogens with zero attached hydrogens (tertiary/aromatic N) is 2. The maximum absolute atomic E-state index is 12.8. The minimum absolute atomic E-state index is 0.127. The lowest BCUT2D eigenvalue weighted by Crippen LogP contribution is -2.35. The first-order valence-electron chi connectivity index (χ1n) is 9.80. The van der Waals surface area contributed by atoms with Crippen LogP contribution in [0.5, 0.6) is 5.75 Å². The van der Waals surface area contributed by atoms with E-state index >= 15 is 0 Å². The number of nitriles is 1. The summed E-state index contributed by atoms with van der Waals surface area (Å²) in [5, 5.41) is 14.9. The molecule has 0 spiro atoms. The summed E-state index contributed by atoms with van der Waals surface area (Å²) < 4.78 is 11.1. The van der Waals surface area contributed by atoms with Gasteiger partial charge in [0.2, 0.25) is 0 Å². The van der Waals surface area contributed by atoms with Crippen LogP contribution < -0.4 is 15.4 Å². The molecule has 8 nitrogen and oxygen atoms in total. The fourth-order valence-electron chi connectivity index (χ4n) is 3.53. The Morgan fingerprint density at radius 3 is 2.67 bits per heavy atom. The van der Waals surface area contributed by atoms with Gasteiger partial charge in [0, 0.05) is 12.4 Å². The third-order valence-electron chi connectivity index (χ3n) is 4.66. The van der Waals surface area contributed by atoms with Gasteiger partial charge in [-0.15, -0.1) is 11.6 Å². The van der Waals surface area contributed by atoms with Gasteiger partial charge in [0.1, 0.15) is 11.4 Å². The minimum Gasteiger partial charge on any atom is -0.494 e. The largest absolute Gasteiger partial charge is 0.494 e. The van der Waals surface area contributed by atoms with E-state index in [4.69, 9.17) is 21.1 Å². The summed E-state index contributed by atoms with van der Waals surface area (Å²) in [7, 11) is 1.52. The number of amides is 3. The molecule has 3 amide bonds. The number of carbonyl (C=O) groups is 2. The van der Waals surface area contributed by atoms with Gasteiger partial charge in [-0.25, -0.2) is 9.59 Å². The van der Waals surface area contributed by atoms with Crippen molar-refractivity contribution < 1.29 is 19.1 Å². The molecule has 2 rings (SSSR count). The Kier molecular flexibility index (Phi) is 7.79. The molecular formula is C21H29ClN4O4. The molecule has 0 aromatic heterocycles. The predicted octanol–water partition coefficient (Wildman–Crippen LogP) is 4.46. The van der Waals surface area contributed by atoms with Crippen LogP contribution in [-0.4, -0.2) is 42.2 Å². The van der Waals surface area contributed by atoms with Crippen molar-refractivity contribution in [3.63, 3.8) is 0 Å². The Morgan fingerprint density at radius 1 is 1.40 bits per heavy atom. The minimum atomic E-state index is -0.649. The van der Waals surface area contributed by atoms with Crippen LogP contribution in [0.1, 0.15) is 56.3 Å². The van der Waals surface area contributed by atoms with Crippen molar-refractivity contribution in [3.8, 4) is 11.8 Å². The molecule has 1 aromatic rings. The summed E-state index contributed by atoms with van der Waals surface area (Å²) in [5.74, 6) is 0.956. The zero-order valence-electron chi connectivity index (χ0n) is 18.1. The first-order valence-corrected chi connectivity index (χ1v) is 10.3. The molecule has 0 radical (unpaired) electrons. The monoisotopic (exact) mass is 436 g/mol. The number of hydrogen-bond acceptors (Lipinski definition) is 5. The number of rotatable bonds is 6. The summed E-state index contributed by atoms with van der Waals surface area (Å²) >= 11 is 5.64. The number of hydrogen-bond donors (Lipinski definition) is 2. The van der Waals surface area contributed by atoms with Crippen LogP contribution in [0.4, 0.5) is 15.3 Å². The molecule has 0 fully saturated rings. The van der Waals surface area contributed by atoms with Crippen LogP contribution in [0.3, 0.4) is 0 Å². The third-order valence-corrected chi connectivity index (χ3v) is 4.93. The van der Waals surface area contributed by atoms with E-state index < -0.39 is 17.7 Å². The van der Waals surface area contributed by atoms with E-state index in [1.807, 2.05) is 6.92 Å². The molecule has 0 saturated carbocycles. The maximum atomic E-state index is 12.8. The topological polar surface area (TPSA) is 104 Å². The van der Waals surface area contributed by atoms with Crippen molar-refractivity contribution in [2.24, 2.45) is 0 Å². The molecule has 164 valence electrons. The lowest BCUT2D eigenvalue weighted by atomic mass is 9.95. The van der Waals surface area contributed by atoms with Crippen LogP contribution in [-0.2, 0) is 11.3 Å². The van der Waals surface area contributed by atoms with Gasteiger partial charge in [0.25, 0.3) is 0 Å². The first kappa shape index (κ1) is 23.6. The van der Waals surface area contributed by atoms with E-state index in [9.17, 15) is 14.9 Å². The van der Waals surface area contributed by atoms with Crippen molar-refractivity contribution in [3.05, 3.63) is 22.8 Å². The van der Waals surface area contributed by atoms with Gasteiger partial charge < -0.3 is 20.1 Å². The number of nitrogens with one attached hydrogen (secondary N) is 2. The summed E-state index contributed by atoms with van der Waals surface area (Å²) in [6, 6.07) is 3.13. The molecule has 1 heterocycles. The summed E-state index contributed by atoms with van der Waals surface area (Å²) in [6.45, 7) is 7.99. The summed E-state index contributed by atoms with van der Waals surface area (Å²) in [4.78, 5) is 26.5. The molecule has 1 aliphatic rings. The average molecular weight is 437 g/mol. The van der Waals surface area contributed by atoms with Gasteiger partial charge in [-0.1, -0.05) is 0 Å². The predicted molar refractivity (Wildman–Crippen MR) is 115 cm³/mol. The Bertz CT molecular complexity index is 845. The van der Waals surface area contributed by atoms with Crippen molar-refractivity contribution in [1.82, 2.24) is 10.2 Å². The molecule has 9 heteroatoms. The van der Waals surface area contributed by atoms with Gasteiger partial charge >= 0.3 is 12.1 Å². The number of anilines is 1. The number of benzene rings is 1. The highest BCUT2D eigenvalue weighted by Crippen LogP contribution is 2.45. The van der Waals surface area contributed by atoms with Crippen LogP contribution in [0.15, 0.2) is 6.07 Å². The number of alkyl halides is 1. The number of halogens is 1. The van der Waals surface area contributed by atoms with Crippen LogP contribution >= 0.6 is 11.6 Å². The van der Waals surface area contributed by atoms with Crippen molar-refractivity contribution in [1.29, 1.82) is 5.26 Å². The number of ether oxygens (including phenoxy) is 2. The van der Waals surface area contributed by atoms with Gasteiger partial charge in [0.05, 0.1) is 37.9 Å². The SMILES string of the molecule is COc1c(NC(=O)NCCCCl)cc2c(c1C)C(CC#N)N(C(=O)OC(C)(C)C)C2. The Balaban J connectivity index is 2.37. The van der Waals surface area contributed by atoms with Crippen molar-refractivity contribution in [2.45, 2.75) is 58.7 Å². The smallest absolute Gasteiger partial charge is 0.411 e. The van der Waals surface area contributed by atoms with Crippen LogP contribution in [0.25, 0.3) is 0 Å². The lowest BCUT2D eigenvalue weighted by molar-refractivity contribution is 0.0175. The second-order valence-electron chi connectivity index (χ2n) is 8.06. The summed E-state index contributed by atoms with van der Waals surface area (Å²) in [6.07, 6.45) is 0.309. The molecule has 1 atom stereocenters. The van der Waals surface area contributed by atoms with Gasteiger partial charge in [-0.05, 0) is 56.9 Å². The van der Waals surface area contributed by atoms with Gasteiger partial charge in [0.15, 0.2) is 0 Å². The maximum Gasteiger partial charge on any atom is 0.411 e. The molecule has 0 saturated heterocycles. The molecule has 0 bridgehead atoms. The number of urea groups is 1.